The van der Waals surface area contributed by atoms with Crippen LogP contribution in [0, 0.1) is 13.8 Å². The molecule has 0 saturated heterocycles. The van der Waals surface area contributed by atoms with Gasteiger partial charge in [0.15, 0.2) is 5.96 Å². The molecule has 0 saturated carbocycles. The highest BCUT2D eigenvalue weighted by Gasteiger charge is 2.26. The van der Waals surface area contributed by atoms with Gasteiger partial charge in [-0.1, -0.05) is 18.2 Å². The third-order valence-electron chi connectivity index (χ3n) is 4.35. The number of nitrogens with zero attached hydrogens (tertiary/aromatic N) is 1. The highest BCUT2D eigenvalue weighted by Crippen LogP contribution is 2.22. The van der Waals surface area contributed by atoms with Crippen LogP contribution in [-0.2, 0) is 4.74 Å². The van der Waals surface area contributed by atoms with Gasteiger partial charge >= 0.3 is 6.09 Å². The number of aliphatic imine (C=N–C) groups is 1. The summed E-state index contributed by atoms with van der Waals surface area (Å²) >= 11 is 0. The van der Waals surface area contributed by atoms with Gasteiger partial charge in [-0.25, -0.2) is 9.79 Å². The molecule has 28 heavy (non-hydrogen) atoms. The molecule has 1 amide bonds. The lowest BCUT2D eigenvalue weighted by molar-refractivity contribution is 0.0471. The first-order valence-electron chi connectivity index (χ1n) is 9.49. The third-order valence-corrected chi connectivity index (χ3v) is 4.35. The van der Waals surface area contributed by atoms with E-state index in [4.69, 9.17) is 10.5 Å². The monoisotopic (exact) mass is 387 g/mol. The molecule has 5 N–H and O–H groups in total. The van der Waals surface area contributed by atoms with Crippen molar-refractivity contribution in [2.24, 2.45) is 10.7 Å². The van der Waals surface area contributed by atoms with Crippen molar-refractivity contribution >= 4 is 17.7 Å². The summed E-state index contributed by atoms with van der Waals surface area (Å²) in [4.78, 5) is 16.5. The number of carbonyl (C=O) groups is 1. The van der Waals surface area contributed by atoms with E-state index >= 15 is 0 Å². The molecule has 1 aromatic carbocycles. The highest BCUT2D eigenvalue weighted by molar-refractivity contribution is 5.90. The zero-order valence-corrected chi connectivity index (χ0v) is 17.9. The van der Waals surface area contributed by atoms with Gasteiger partial charge in [0.25, 0.3) is 0 Å². The Morgan fingerprint density at radius 2 is 1.93 bits per heavy atom. The van der Waals surface area contributed by atoms with E-state index in [2.05, 4.69) is 46.9 Å². The number of rotatable bonds is 5. The number of aryl methyl sites for hydroxylation is 1. The molecule has 0 radical (unpaired) electrons. The van der Waals surface area contributed by atoms with Crippen molar-refractivity contribution in [2.75, 3.05) is 6.54 Å². The lowest BCUT2D eigenvalue weighted by Crippen LogP contribution is -2.53. The summed E-state index contributed by atoms with van der Waals surface area (Å²) in [6.45, 7) is 14.0. The molecule has 1 atom stereocenters. The maximum absolute atomic E-state index is 12.1. The largest absolute Gasteiger partial charge is 0.444 e. The number of ether oxygens (including phenoxy) is 1. The minimum Gasteiger partial charge on any atom is -0.444 e. The maximum Gasteiger partial charge on any atom is 0.408 e. The molecule has 0 spiro atoms. The second-order valence-electron chi connectivity index (χ2n) is 8.80. The second-order valence-corrected chi connectivity index (χ2v) is 8.80. The number of nitrogens with two attached hydrogens (primary N) is 1. The Hall–Kier alpha value is -2.54. The van der Waals surface area contributed by atoms with Gasteiger partial charge in [0.1, 0.15) is 11.8 Å². The SMILES string of the molecule is Cc1cccc(C2=CC(NCC(C)(C)NC(=O)OC(C)(C)C)N=C(N)N2)c1C. The Bertz CT molecular complexity index is 790. The predicted molar refractivity (Wildman–Crippen MR) is 114 cm³/mol. The van der Waals surface area contributed by atoms with Gasteiger partial charge in [-0.05, 0) is 65.7 Å². The van der Waals surface area contributed by atoms with Crippen LogP contribution >= 0.6 is 0 Å². The Morgan fingerprint density at radius 3 is 2.57 bits per heavy atom. The number of guanidine groups is 1. The number of carbonyl (C=O) groups excluding carboxylic acids is 1. The molecule has 0 aromatic heterocycles. The van der Waals surface area contributed by atoms with Gasteiger partial charge in [-0.15, -0.1) is 0 Å². The first kappa shape index (κ1) is 21.8. The Morgan fingerprint density at radius 1 is 1.25 bits per heavy atom. The topological polar surface area (TPSA) is 101 Å². The van der Waals surface area contributed by atoms with E-state index in [-0.39, 0.29) is 6.17 Å². The normalized spacial score (nSPS) is 17.3. The van der Waals surface area contributed by atoms with Crippen LogP contribution in [0.2, 0.25) is 0 Å². The minimum atomic E-state index is -0.537. The second kappa shape index (κ2) is 8.22. The van der Waals surface area contributed by atoms with Gasteiger partial charge in [0, 0.05) is 17.8 Å². The van der Waals surface area contributed by atoms with Crippen molar-refractivity contribution in [2.45, 2.75) is 65.8 Å². The molecule has 0 aliphatic carbocycles. The molecule has 0 fully saturated rings. The molecular formula is C21H33N5O2. The van der Waals surface area contributed by atoms with E-state index in [0.717, 1.165) is 11.3 Å². The van der Waals surface area contributed by atoms with Crippen molar-refractivity contribution in [3.8, 4) is 0 Å². The van der Waals surface area contributed by atoms with Gasteiger partial charge in [-0.3, -0.25) is 5.32 Å². The average molecular weight is 388 g/mol. The molecule has 7 nitrogen and oxygen atoms in total. The lowest BCUT2D eigenvalue weighted by atomic mass is 10.00. The Balaban J connectivity index is 2.06. The van der Waals surface area contributed by atoms with Crippen molar-refractivity contribution in [1.82, 2.24) is 16.0 Å². The molecule has 154 valence electrons. The van der Waals surface area contributed by atoms with Crippen molar-refractivity contribution in [3.63, 3.8) is 0 Å². The summed E-state index contributed by atoms with van der Waals surface area (Å²) in [5.74, 6) is 0.355. The molecule has 0 bridgehead atoms. The van der Waals surface area contributed by atoms with Crippen LogP contribution in [0.25, 0.3) is 5.70 Å². The van der Waals surface area contributed by atoms with E-state index < -0.39 is 17.2 Å². The fraction of sp³-hybridized carbons (Fsp3) is 0.524. The predicted octanol–water partition coefficient (Wildman–Crippen LogP) is 2.78. The summed E-state index contributed by atoms with van der Waals surface area (Å²) in [5.41, 5.74) is 9.36. The number of hydrogen-bond donors (Lipinski definition) is 4. The Labute approximate surface area is 167 Å². The Kier molecular flexibility index (Phi) is 6.39. The number of amides is 1. The van der Waals surface area contributed by atoms with Gasteiger partial charge in [0.2, 0.25) is 0 Å². The van der Waals surface area contributed by atoms with Gasteiger partial charge in [-0.2, -0.15) is 0 Å². The summed E-state index contributed by atoms with van der Waals surface area (Å²) in [5, 5.41) is 9.37. The van der Waals surface area contributed by atoms with Crippen molar-refractivity contribution in [1.29, 1.82) is 0 Å². The smallest absolute Gasteiger partial charge is 0.408 e. The molecule has 1 unspecified atom stereocenters. The standard InChI is InChI=1S/C21H33N5O2/c1-13-9-8-10-15(14(13)2)16-11-17(25-18(22)24-16)23-12-21(6,7)26-19(27)28-20(3,4)5/h8-11,17,23H,12H2,1-7H3,(H,26,27)(H3,22,24,25). The van der Waals surface area contributed by atoms with Crippen LogP contribution < -0.4 is 21.7 Å². The summed E-state index contributed by atoms with van der Waals surface area (Å²) < 4.78 is 5.33. The molecule has 1 aromatic rings. The molecular weight excluding hydrogens is 354 g/mol. The van der Waals surface area contributed by atoms with Crippen LogP contribution in [0.1, 0.15) is 51.3 Å². The molecule has 1 aliphatic heterocycles. The lowest BCUT2D eigenvalue weighted by Gasteiger charge is -2.30. The number of hydrogen-bond acceptors (Lipinski definition) is 6. The molecule has 2 rings (SSSR count). The van der Waals surface area contributed by atoms with E-state index in [1.807, 2.05) is 46.8 Å². The van der Waals surface area contributed by atoms with Crippen LogP contribution in [0.15, 0.2) is 29.3 Å². The molecule has 1 heterocycles. The fourth-order valence-corrected chi connectivity index (χ4v) is 2.85. The van der Waals surface area contributed by atoms with Crippen LogP contribution in [0.5, 0.6) is 0 Å². The van der Waals surface area contributed by atoms with Crippen LogP contribution in [-0.4, -0.2) is 35.9 Å². The zero-order valence-electron chi connectivity index (χ0n) is 17.9. The van der Waals surface area contributed by atoms with E-state index in [1.54, 1.807) is 0 Å². The van der Waals surface area contributed by atoms with E-state index in [0.29, 0.717) is 12.5 Å². The fourth-order valence-electron chi connectivity index (χ4n) is 2.85. The van der Waals surface area contributed by atoms with Crippen LogP contribution in [0.4, 0.5) is 4.79 Å². The number of nitrogens with one attached hydrogen (secondary N) is 3. The summed E-state index contributed by atoms with van der Waals surface area (Å²) in [6.07, 6.45) is 1.26. The van der Waals surface area contributed by atoms with Crippen LogP contribution in [0.3, 0.4) is 0 Å². The average Bonchev–Trinajstić information content (AvgIpc) is 2.53. The summed E-state index contributed by atoms with van der Waals surface area (Å²) in [6, 6.07) is 6.17. The van der Waals surface area contributed by atoms with E-state index in [9.17, 15) is 4.79 Å². The summed E-state index contributed by atoms with van der Waals surface area (Å²) in [7, 11) is 0. The first-order chi connectivity index (χ1) is 12.9. The quantitative estimate of drug-likeness (QED) is 0.622. The number of alkyl carbamates (subject to hydrolysis) is 1. The van der Waals surface area contributed by atoms with Crippen molar-refractivity contribution < 1.29 is 9.53 Å². The number of benzene rings is 1. The van der Waals surface area contributed by atoms with E-state index in [1.165, 1.54) is 11.1 Å². The first-order valence-corrected chi connectivity index (χ1v) is 9.49. The maximum atomic E-state index is 12.1. The highest BCUT2D eigenvalue weighted by atomic mass is 16.6. The van der Waals surface area contributed by atoms with Gasteiger partial charge in [0.05, 0.1) is 5.54 Å². The molecule has 1 aliphatic rings. The van der Waals surface area contributed by atoms with Gasteiger partial charge < -0.3 is 21.1 Å². The van der Waals surface area contributed by atoms with Crippen molar-refractivity contribution in [3.05, 3.63) is 41.0 Å². The molecule has 7 heteroatoms. The minimum absolute atomic E-state index is 0.295. The third kappa shape index (κ3) is 6.27. The zero-order chi connectivity index (χ0) is 21.1.